The number of carbonyl (C=O) groups is 2. The van der Waals surface area contributed by atoms with Crippen LogP contribution in [0.4, 0.5) is 8.78 Å². The van der Waals surface area contributed by atoms with Crippen molar-refractivity contribution in [3.8, 4) is 11.5 Å². The number of benzene rings is 2. The molecule has 136 valence electrons. The van der Waals surface area contributed by atoms with Gasteiger partial charge in [-0.2, -0.15) is 8.78 Å². The number of hydrogen-bond acceptors (Lipinski definition) is 4. The summed E-state index contributed by atoms with van der Waals surface area (Å²) in [5, 5.41) is 8.93. The molecule has 2 rings (SSSR count). The molecule has 0 bridgehead atoms. The quantitative estimate of drug-likeness (QED) is 0.571. The van der Waals surface area contributed by atoms with E-state index in [0.29, 0.717) is 22.4 Å². The van der Waals surface area contributed by atoms with Gasteiger partial charge < -0.3 is 14.6 Å². The lowest BCUT2D eigenvalue weighted by Crippen LogP contribution is -2.04. The molecule has 0 fully saturated rings. The van der Waals surface area contributed by atoms with Crippen molar-refractivity contribution < 1.29 is 33.0 Å². The smallest absolute Gasteiger partial charge is 0.387 e. The van der Waals surface area contributed by atoms with Gasteiger partial charge in [-0.25, -0.2) is 0 Å². The van der Waals surface area contributed by atoms with Crippen LogP contribution in [0.2, 0.25) is 0 Å². The van der Waals surface area contributed by atoms with E-state index < -0.39 is 12.6 Å². The maximum absolute atomic E-state index is 12.3. The zero-order valence-corrected chi connectivity index (χ0v) is 13.8. The normalized spacial score (nSPS) is 10.9. The molecule has 0 radical (unpaired) electrons. The summed E-state index contributed by atoms with van der Waals surface area (Å²) < 4.78 is 33.5. The Kier molecular flexibility index (Phi) is 6.43. The summed E-state index contributed by atoms with van der Waals surface area (Å²) in [5.74, 6) is -0.943. The van der Waals surface area contributed by atoms with E-state index in [4.69, 9.17) is 9.84 Å². The van der Waals surface area contributed by atoms with Gasteiger partial charge in [-0.15, -0.1) is 0 Å². The Morgan fingerprint density at radius 3 is 2.42 bits per heavy atom. The minimum Gasteiger partial charge on any atom is -0.496 e. The van der Waals surface area contributed by atoms with Crippen LogP contribution >= 0.6 is 0 Å². The van der Waals surface area contributed by atoms with E-state index in [1.165, 1.54) is 61.7 Å². The van der Waals surface area contributed by atoms with Gasteiger partial charge in [-0.1, -0.05) is 18.2 Å². The molecule has 2 aromatic rings. The molecule has 0 aliphatic heterocycles. The largest absolute Gasteiger partial charge is 0.496 e. The fourth-order valence-electron chi connectivity index (χ4n) is 2.26. The Bertz CT molecular complexity index is 813. The van der Waals surface area contributed by atoms with Gasteiger partial charge in [0.15, 0.2) is 5.78 Å². The third-order valence-corrected chi connectivity index (χ3v) is 3.44. The topological polar surface area (TPSA) is 72.8 Å². The molecular weight excluding hydrogens is 346 g/mol. The minimum atomic E-state index is -2.90. The summed E-state index contributed by atoms with van der Waals surface area (Å²) in [7, 11) is 1.42. The average Bonchev–Trinajstić information content (AvgIpc) is 2.60. The first-order chi connectivity index (χ1) is 12.4. The van der Waals surface area contributed by atoms with Crippen LogP contribution in [0.25, 0.3) is 6.08 Å². The van der Waals surface area contributed by atoms with E-state index in [0.717, 1.165) is 0 Å². The Labute approximate surface area is 148 Å². The molecule has 0 saturated carbocycles. The van der Waals surface area contributed by atoms with Crippen molar-refractivity contribution in [2.45, 2.75) is 13.0 Å². The zero-order chi connectivity index (χ0) is 19.1. The number of aliphatic carboxylic acids is 1. The summed E-state index contributed by atoms with van der Waals surface area (Å²) in [6.07, 6.45) is 2.57. The third kappa shape index (κ3) is 5.41. The molecule has 0 aliphatic rings. The van der Waals surface area contributed by atoms with Crippen molar-refractivity contribution in [1.82, 2.24) is 0 Å². The number of carbonyl (C=O) groups excluding carboxylic acids is 1. The highest BCUT2D eigenvalue weighted by Gasteiger charge is 2.11. The molecule has 5 nitrogen and oxygen atoms in total. The molecule has 1 N–H and O–H groups in total. The molecule has 0 atom stereocenters. The van der Waals surface area contributed by atoms with Crippen LogP contribution in [0.15, 0.2) is 48.5 Å². The molecule has 0 aliphatic carbocycles. The van der Waals surface area contributed by atoms with Crippen molar-refractivity contribution in [2.75, 3.05) is 7.11 Å². The van der Waals surface area contributed by atoms with E-state index in [1.54, 1.807) is 0 Å². The van der Waals surface area contributed by atoms with Crippen LogP contribution < -0.4 is 9.47 Å². The standard InChI is InChI=1S/C19H16F2O5/c1-25-17-9-5-13(10-14(17)11-18(23)24)16(22)8-4-12-2-6-15(7-3-12)26-19(20)21/h2-10,19H,11H2,1H3,(H,23,24)/b8-4+. The van der Waals surface area contributed by atoms with Crippen molar-refractivity contribution >= 4 is 17.8 Å². The highest BCUT2D eigenvalue weighted by Crippen LogP contribution is 2.21. The van der Waals surface area contributed by atoms with Crippen molar-refractivity contribution in [1.29, 1.82) is 0 Å². The molecule has 0 heterocycles. The van der Waals surface area contributed by atoms with Gasteiger partial charge in [0.2, 0.25) is 0 Å². The number of methoxy groups -OCH3 is 1. The lowest BCUT2D eigenvalue weighted by molar-refractivity contribution is -0.136. The highest BCUT2D eigenvalue weighted by atomic mass is 19.3. The van der Waals surface area contributed by atoms with E-state index in [9.17, 15) is 18.4 Å². The van der Waals surface area contributed by atoms with Gasteiger partial charge in [-0.3, -0.25) is 9.59 Å². The Balaban J connectivity index is 2.13. The van der Waals surface area contributed by atoms with E-state index in [-0.39, 0.29) is 18.0 Å². The second-order valence-corrected chi connectivity index (χ2v) is 5.24. The maximum Gasteiger partial charge on any atom is 0.387 e. The summed E-state index contributed by atoms with van der Waals surface area (Å²) in [6.45, 7) is -2.90. The predicted molar refractivity (Wildman–Crippen MR) is 90.8 cm³/mol. The Morgan fingerprint density at radius 2 is 1.85 bits per heavy atom. The molecule has 0 saturated heterocycles. The zero-order valence-electron chi connectivity index (χ0n) is 13.8. The van der Waals surface area contributed by atoms with Crippen molar-refractivity contribution in [2.24, 2.45) is 0 Å². The number of alkyl halides is 2. The van der Waals surface area contributed by atoms with Gasteiger partial charge in [0.1, 0.15) is 11.5 Å². The fourth-order valence-corrected chi connectivity index (χ4v) is 2.26. The van der Waals surface area contributed by atoms with Gasteiger partial charge in [-0.05, 0) is 42.0 Å². The lowest BCUT2D eigenvalue weighted by atomic mass is 10.0. The average molecular weight is 362 g/mol. The summed E-state index contributed by atoms with van der Waals surface area (Å²) in [4.78, 5) is 23.2. The van der Waals surface area contributed by atoms with Crippen LogP contribution in [0.3, 0.4) is 0 Å². The maximum atomic E-state index is 12.3. The van der Waals surface area contributed by atoms with Crippen LogP contribution in [-0.2, 0) is 11.2 Å². The third-order valence-electron chi connectivity index (χ3n) is 3.44. The highest BCUT2D eigenvalue weighted by molar-refractivity contribution is 6.07. The molecule has 7 heteroatoms. The first-order valence-corrected chi connectivity index (χ1v) is 7.55. The molecule has 0 amide bonds. The summed E-state index contributed by atoms with van der Waals surface area (Å²) >= 11 is 0. The van der Waals surface area contributed by atoms with Crippen molar-refractivity contribution in [3.63, 3.8) is 0 Å². The second-order valence-electron chi connectivity index (χ2n) is 5.24. The molecule has 0 unspecified atom stereocenters. The van der Waals surface area contributed by atoms with E-state index >= 15 is 0 Å². The first-order valence-electron chi connectivity index (χ1n) is 7.55. The van der Waals surface area contributed by atoms with E-state index in [1.807, 2.05) is 0 Å². The molecule has 0 spiro atoms. The fraction of sp³-hybridized carbons (Fsp3) is 0.158. The van der Waals surface area contributed by atoms with Crippen LogP contribution in [0.5, 0.6) is 11.5 Å². The van der Waals surface area contributed by atoms with E-state index in [2.05, 4.69) is 4.74 Å². The van der Waals surface area contributed by atoms with Gasteiger partial charge in [0.25, 0.3) is 0 Å². The number of rotatable bonds is 8. The monoisotopic (exact) mass is 362 g/mol. The second kappa shape index (κ2) is 8.75. The number of ether oxygens (including phenoxy) is 2. The van der Waals surface area contributed by atoms with Gasteiger partial charge in [0, 0.05) is 11.1 Å². The molecule has 0 aromatic heterocycles. The first kappa shape index (κ1) is 19.1. The van der Waals surface area contributed by atoms with Crippen molar-refractivity contribution in [3.05, 3.63) is 65.2 Å². The van der Waals surface area contributed by atoms with Crippen LogP contribution in [-0.4, -0.2) is 30.6 Å². The predicted octanol–water partition coefficient (Wildman–Crippen LogP) is 3.82. The summed E-state index contributed by atoms with van der Waals surface area (Å²) in [5.41, 5.74) is 1.34. The number of halogens is 2. The number of allylic oxidation sites excluding steroid dienone is 1. The van der Waals surface area contributed by atoms with Crippen LogP contribution in [0, 0.1) is 0 Å². The van der Waals surface area contributed by atoms with Crippen LogP contribution in [0.1, 0.15) is 21.5 Å². The molecular formula is C19H16F2O5. The SMILES string of the molecule is COc1ccc(C(=O)/C=C/c2ccc(OC(F)F)cc2)cc1CC(=O)O. The van der Waals surface area contributed by atoms with Gasteiger partial charge in [0.05, 0.1) is 13.5 Å². The molecule has 26 heavy (non-hydrogen) atoms. The number of carboxylic acid groups (broad SMARTS) is 1. The molecule has 2 aromatic carbocycles. The Morgan fingerprint density at radius 1 is 1.15 bits per heavy atom. The number of ketones is 1. The summed E-state index contributed by atoms with van der Waals surface area (Å²) in [6, 6.07) is 10.4. The van der Waals surface area contributed by atoms with Gasteiger partial charge >= 0.3 is 12.6 Å². The lowest BCUT2D eigenvalue weighted by Gasteiger charge is -2.08. The minimum absolute atomic E-state index is 0.0249. The number of hydrogen-bond donors (Lipinski definition) is 1. The Hall–Kier alpha value is -3.22. The number of carboxylic acids is 1.